The molecule has 4 N–H and O–H groups in total. The van der Waals surface area contributed by atoms with Crippen LogP contribution in [0.1, 0.15) is 11.1 Å². The second-order valence-electron chi connectivity index (χ2n) is 2.70. The quantitative estimate of drug-likeness (QED) is 0.547. The SMILES string of the molecule is NCc1ccc(N)c(F)c1C(F)(F)F. The summed E-state index contributed by atoms with van der Waals surface area (Å²) >= 11 is 0. The Morgan fingerprint density at radius 3 is 2.21 bits per heavy atom. The van der Waals surface area contributed by atoms with Gasteiger partial charge in [-0.3, -0.25) is 0 Å². The van der Waals surface area contributed by atoms with E-state index in [1.807, 2.05) is 0 Å². The number of nitrogens with two attached hydrogens (primary N) is 2. The summed E-state index contributed by atoms with van der Waals surface area (Å²) in [5.41, 5.74) is 7.87. The van der Waals surface area contributed by atoms with Gasteiger partial charge in [0.15, 0.2) is 5.82 Å². The van der Waals surface area contributed by atoms with E-state index < -0.39 is 23.2 Å². The van der Waals surface area contributed by atoms with Gasteiger partial charge in [0, 0.05) is 6.54 Å². The number of nitrogen functional groups attached to an aromatic ring is 1. The molecule has 1 rings (SSSR count). The van der Waals surface area contributed by atoms with E-state index in [1.165, 1.54) is 0 Å². The van der Waals surface area contributed by atoms with Crippen LogP contribution in [-0.4, -0.2) is 0 Å². The Balaban J connectivity index is 3.44. The Morgan fingerprint density at radius 1 is 1.21 bits per heavy atom. The zero-order chi connectivity index (χ0) is 10.9. The van der Waals surface area contributed by atoms with E-state index in [0.29, 0.717) is 0 Å². The number of rotatable bonds is 1. The predicted octanol–water partition coefficient (Wildman–Crippen LogP) is 1.89. The van der Waals surface area contributed by atoms with Crippen molar-refractivity contribution in [2.45, 2.75) is 12.7 Å². The molecule has 0 atom stereocenters. The van der Waals surface area contributed by atoms with E-state index in [1.54, 1.807) is 0 Å². The summed E-state index contributed by atoms with van der Waals surface area (Å²) in [6, 6.07) is 2.13. The third-order valence-electron chi connectivity index (χ3n) is 1.76. The summed E-state index contributed by atoms with van der Waals surface area (Å²) in [6.45, 7) is -0.383. The minimum absolute atomic E-state index is 0.302. The van der Waals surface area contributed by atoms with Gasteiger partial charge in [0.25, 0.3) is 0 Å². The van der Waals surface area contributed by atoms with E-state index in [0.717, 1.165) is 12.1 Å². The highest BCUT2D eigenvalue weighted by molar-refractivity contribution is 5.47. The molecule has 0 aliphatic rings. The standard InChI is InChI=1S/C8H8F4N2/c9-7-5(14)2-1-4(3-13)6(7)8(10,11)12/h1-2H,3,13-14H2. The van der Waals surface area contributed by atoms with Gasteiger partial charge in [-0.15, -0.1) is 0 Å². The zero-order valence-electron chi connectivity index (χ0n) is 7.03. The highest BCUT2D eigenvalue weighted by Gasteiger charge is 2.37. The first-order valence-corrected chi connectivity index (χ1v) is 3.72. The maximum Gasteiger partial charge on any atom is 0.419 e. The smallest absolute Gasteiger partial charge is 0.396 e. The number of hydrogen-bond acceptors (Lipinski definition) is 2. The first-order chi connectivity index (χ1) is 6.38. The van der Waals surface area contributed by atoms with Gasteiger partial charge in [-0.2, -0.15) is 13.2 Å². The Morgan fingerprint density at radius 2 is 1.79 bits per heavy atom. The van der Waals surface area contributed by atoms with Gasteiger partial charge in [-0.25, -0.2) is 4.39 Å². The second-order valence-corrected chi connectivity index (χ2v) is 2.70. The number of alkyl halides is 3. The monoisotopic (exact) mass is 208 g/mol. The third kappa shape index (κ3) is 1.79. The van der Waals surface area contributed by atoms with Crippen molar-refractivity contribution in [3.05, 3.63) is 29.1 Å². The molecule has 2 nitrogen and oxygen atoms in total. The van der Waals surface area contributed by atoms with Gasteiger partial charge in [0.1, 0.15) is 0 Å². The van der Waals surface area contributed by atoms with Crippen molar-refractivity contribution in [3.63, 3.8) is 0 Å². The number of halogens is 4. The molecule has 1 aromatic carbocycles. The molecule has 0 radical (unpaired) electrons. The van der Waals surface area contributed by atoms with E-state index >= 15 is 0 Å². The highest BCUT2D eigenvalue weighted by Crippen LogP contribution is 2.35. The average molecular weight is 208 g/mol. The molecule has 78 valence electrons. The van der Waals surface area contributed by atoms with Crippen LogP contribution in [0, 0.1) is 5.82 Å². The molecule has 1 aromatic rings. The van der Waals surface area contributed by atoms with Crippen molar-refractivity contribution in [1.29, 1.82) is 0 Å². The molecule has 0 saturated heterocycles. The molecule has 0 heterocycles. The Hall–Kier alpha value is -1.30. The molecule has 0 aliphatic heterocycles. The number of anilines is 1. The Bertz CT molecular complexity index is 346. The molecule has 6 heteroatoms. The minimum atomic E-state index is -4.77. The van der Waals surface area contributed by atoms with Crippen molar-refractivity contribution >= 4 is 5.69 Å². The van der Waals surface area contributed by atoms with Crippen molar-refractivity contribution in [3.8, 4) is 0 Å². The maximum atomic E-state index is 13.0. The lowest BCUT2D eigenvalue weighted by Crippen LogP contribution is -2.15. The van der Waals surface area contributed by atoms with Gasteiger partial charge in [-0.1, -0.05) is 6.07 Å². The zero-order valence-corrected chi connectivity index (χ0v) is 7.03. The minimum Gasteiger partial charge on any atom is -0.396 e. The molecule has 0 aliphatic carbocycles. The predicted molar refractivity (Wildman–Crippen MR) is 43.7 cm³/mol. The molecule has 0 amide bonds. The van der Waals surface area contributed by atoms with Crippen LogP contribution in [0.2, 0.25) is 0 Å². The van der Waals surface area contributed by atoms with Gasteiger partial charge in [0.05, 0.1) is 11.3 Å². The largest absolute Gasteiger partial charge is 0.419 e. The fraction of sp³-hybridized carbons (Fsp3) is 0.250. The molecular formula is C8H8F4N2. The van der Waals surface area contributed by atoms with Crippen LogP contribution >= 0.6 is 0 Å². The lowest BCUT2D eigenvalue weighted by Gasteiger charge is -2.13. The van der Waals surface area contributed by atoms with Crippen molar-refractivity contribution in [1.82, 2.24) is 0 Å². The van der Waals surface area contributed by atoms with Crippen LogP contribution < -0.4 is 11.5 Å². The molecule has 14 heavy (non-hydrogen) atoms. The number of benzene rings is 1. The van der Waals surface area contributed by atoms with Crippen molar-refractivity contribution in [2.24, 2.45) is 5.73 Å². The number of hydrogen-bond donors (Lipinski definition) is 2. The summed E-state index contributed by atoms with van der Waals surface area (Å²) in [7, 11) is 0. The molecule has 0 aromatic heterocycles. The van der Waals surface area contributed by atoms with Crippen LogP contribution in [0.15, 0.2) is 12.1 Å². The molecular weight excluding hydrogens is 200 g/mol. The van der Waals surface area contributed by atoms with E-state index in [-0.39, 0.29) is 12.1 Å². The summed E-state index contributed by atoms with van der Waals surface area (Å²) in [5.74, 6) is -1.46. The summed E-state index contributed by atoms with van der Waals surface area (Å²) in [5, 5.41) is 0. The lowest BCUT2D eigenvalue weighted by molar-refractivity contribution is -0.140. The second kappa shape index (κ2) is 3.45. The van der Waals surface area contributed by atoms with E-state index in [2.05, 4.69) is 0 Å². The first-order valence-electron chi connectivity index (χ1n) is 3.72. The summed E-state index contributed by atoms with van der Waals surface area (Å²) in [4.78, 5) is 0. The Labute approximate surface area is 77.5 Å². The maximum absolute atomic E-state index is 13.0. The van der Waals surface area contributed by atoms with Crippen LogP contribution in [0.25, 0.3) is 0 Å². The van der Waals surface area contributed by atoms with Gasteiger partial charge in [-0.05, 0) is 11.6 Å². The fourth-order valence-corrected chi connectivity index (χ4v) is 1.11. The van der Waals surface area contributed by atoms with Crippen molar-refractivity contribution < 1.29 is 17.6 Å². The third-order valence-corrected chi connectivity index (χ3v) is 1.76. The van der Waals surface area contributed by atoms with E-state index in [4.69, 9.17) is 11.5 Å². The summed E-state index contributed by atoms with van der Waals surface area (Å²) < 4.78 is 50.0. The van der Waals surface area contributed by atoms with Crippen molar-refractivity contribution in [2.75, 3.05) is 5.73 Å². The van der Waals surface area contributed by atoms with E-state index in [9.17, 15) is 17.6 Å². The van der Waals surface area contributed by atoms with Gasteiger partial charge >= 0.3 is 6.18 Å². The molecule has 0 saturated carbocycles. The van der Waals surface area contributed by atoms with Gasteiger partial charge < -0.3 is 11.5 Å². The van der Waals surface area contributed by atoms with Crippen LogP contribution in [0.3, 0.4) is 0 Å². The summed E-state index contributed by atoms with van der Waals surface area (Å²) in [6.07, 6.45) is -4.77. The fourth-order valence-electron chi connectivity index (χ4n) is 1.11. The topological polar surface area (TPSA) is 52.0 Å². The normalized spacial score (nSPS) is 11.8. The molecule has 0 unspecified atom stereocenters. The highest BCUT2D eigenvalue weighted by atomic mass is 19.4. The Kier molecular flexibility index (Phi) is 2.66. The van der Waals surface area contributed by atoms with Crippen LogP contribution in [-0.2, 0) is 12.7 Å². The average Bonchev–Trinajstić information content (AvgIpc) is 2.07. The lowest BCUT2D eigenvalue weighted by atomic mass is 10.1. The molecule has 0 fully saturated rings. The van der Waals surface area contributed by atoms with Crippen LogP contribution in [0.5, 0.6) is 0 Å². The molecule has 0 bridgehead atoms. The van der Waals surface area contributed by atoms with Gasteiger partial charge in [0.2, 0.25) is 0 Å². The molecule has 0 spiro atoms. The first kappa shape index (κ1) is 10.8. The van der Waals surface area contributed by atoms with Crippen LogP contribution in [0.4, 0.5) is 23.2 Å².